The Morgan fingerprint density at radius 3 is 2.36 bits per heavy atom. The van der Waals surface area contributed by atoms with E-state index in [1.54, 1.807) is 6.20 Å². The minimum Gasteiger partial charge on any atom is -0.423 e. The average Bonchev–Trinajstić information content (AvgIpc) is 2.64. The highest BCUT2D eigenvalue weighted by molar-refractivity contribution is 6.59. The molecule has 3 nitrogen and oxygen atoms in total. The molecular weight excluding hydrogens is 309 g/mol. The molecule has 1 heterocycles. The highest BCUT2D eigenvalue weighted by Gasteiger charge is 2.18. The van der Waals surface area contributed by atoms with Crippen molar-refractivity contribution >= 4 is 12.6 Å². The Hall–Kier alpha value is -1.65. The number of rotatable bonds is 11. The SMILES string of the molecule is CCCCCCCCc1cccc(B(O)O)c1CCc1ccccn1. The van der Waals surface area contributed by atoms with E-state index in [9.17, 15) is 10.0 Å². The molecule has 0 aliphatic rings. The first kappa shape index (κ1) is 19.7. The van der Waals surface area contributed by atoms with Gasteiger partial charge in [0, 0.05) is 11.9 Å². The first-order chi connectivity index (χ1) is 12.2. The summed E-state index contributed by atoms with van der Waals surface area (Å²) in [6.07, 6.45) is 12.0. The van der Waals surface area contributed by atoms with Gasteiger partial charge in [-0.25, -0.2) is 0 Å². The van der Waals surface area contributed by atoms with Crippen molar-refractivity contribution in [3.05, 3.63) is 59.4 Å². The summed E-state index contributed by atoms with van der Waals surface area (Å²) in [5.74, 6) is 0. The van der Waals surface area contributed by atoms with E-state index in [0.29, 0.717) is 5.46 Å². The van der Waals surface area contributed by atoms with Crippen molar-refractivity contribution in [1.29, 1.82) is 0 Å². The molecule has 25 heavy (non-hydrogen) atoms. The summed E-state index contributed by atoms with van der Waals surface area (Å²) in [5.41, 5.74) is 4.00. The molecule has 134 valence electrons. The summed E-state index contributed by atoms with van der Waals surface area (Å²) in [7, 11) is -1.41. The zero-order valence-corrected chi connectivity index (χ0v) is 15.3. The number of pyridine rings is 1. The van der Waals surface area contributed by atoms with Gasteiger partial charge in [0.05, 0.1) is 0 Å². The van der Waals surface area contributed by atoms with Gasteiger partial charge in [-0.15, -0.1) is 0 Å². The second-order valence-electron chi connectivity index (χ2n) is 6.70. The molecule has 4 heteroatoms. The van der Waals surface area contributed by atoms with Crippen molar-refractivity contribution in [3.63, 3.8) is 0 Å². The van der Waals surface area contributed by atoms with Crippen LogP contribution in [0, 0.1) is 0 Å². The average molecular weight is 339 g/mol. The fourth-order valence-corrected chi connectivity index (χ4v) is 3.33. The molecule has 0 saturated heterocycles. The summed E-state index contributed by atoms with van der Waals surface area (Å²) in [5, 5.41) is 19.5. The third kappa shape index (κ3) is 6.64. The molecule has 0 radical (unpaired) electrons. The summed E-state index contributed by atoms with van der Waals surface area (Å²) < 4.78 is 0. The monoisotopic (exact) mass is 339 g/mol. The van der Waals surface area contributed by atoms with Crippen LogP contribution in [0.15, 0.2) is 42.6 Å². The minimum absolute atomic E-state index is 0.638. The Kier molecular flexibility index (Phi) is 8.71. The molecule has 0 saturated carbocycles. The predicted molar refractivity (Wildman–Crippen MR) is 105 cm³/mol. The Balaban J connectivity index is 2.01. The van der Waals surface area contributed by atoms with E-state index in [4.69, 9.17) is 0 Å². The molecule has 1 aromatic carbocycles. The second-order valence-corrected chi connectivity index (χ2v) is 6.70. The maximum absolute atomic E-state index is 9.73. The molecule has 0 unspecified atom stereocenters. The Morgan fingerprint density at radius 1 is 0.840 bits per heavy atom. The minimum atomic E-state index is -1.41. The van der Waals surface area contributed by atoms with Crippen molar-refractivity contribution in [3.8, 4) is 0 Å². The zero-order valence-electron chi connectivity index (χ0n) is 15.3. The van der Waals surface area contributed by atoms with Crippen molar-refractivity contribution in [2.24, 2.45) is 0 Å². The van der Waals surface area contributed by atoms with Crippen LogP contribution in [-0.4, -0.2) is 22.2 Å². The van der Waals surface area contributed by atoms with Gasteiger partial charge >= 0.3 is 7.12 Å². The van der Waals surface area contributed by atoms with Gasteiger partial charge in [-0.2, -0.15) is 0 Å². The summed E-state index contributed by atoms with van der Waals surface area (Å²) in [4.78, 5) is 4.38. The van der Waals surface area contributed by atoms with E-state index in [1.165, 1.54) is 37.7 Å². The normalized spacial score (nSPS) is 10.8. The van der Waals surface area contributed by atoms with Crippen molar-refractivity contribution in [2.45, 2.75) is 64.7 Å². The smallest absolute Gasteiger partial charge is 0.423 e. The van der Waals surface area contributed by atoms with Crippen LogP contribution in [0.2, 0.25) is 0 Å². The number of aryl methyl sites for hydroxylation is 2. The second kappa shape index (κ2) is 11.1. The Bertz CT molecular complexity index is 617. The molecule has 2 aromatic rings. The van der Waals surface area contributed by atoms with Gasteiger partial charge in [-0.1, -0.05) is 63.3 Å². The third-order valence-electron chi connectivity index (χ3n) is 4.74. The van der Waals surface area contributed by atoms with Gasteiger partial charge in [0.25, 0.3) is 0 Å². The maximum atomic E-state index is 9.73. The van der Waals surface area contributed by atoms with E-state index >= 15 is 0 Å². The molecule has 2 N–H and O–H groups in total. The summed E-state index contributed by atoms with van der Waals surface area (Å²) in [6.45, 7) is 2.24. The van der Waals surface area contributed by atoms with E-state index < -0.39 is 7.12 Å². The molecule has 0 fully saturated rings. The Morgan fingerprint density at radius 2 is 1.64 bits per heavy atom. The number of benzene rings is 1. The number of hydrogen-bond donors (Lipinski definition) is 2. The highest BCUT2D eigenvalue weighted by Crippen LogP contribution is 2.15. The molecule has 0 aliphatic heterocycles. The molecule has 0 aliphatic carbocycles. The van der Waals surface area contributed by atoms with Crippen LogP contribution in [0.1, 0.15) is 62.3 Å². The molecular formula is C21H30BNO2. The lowest BCUT2D eigenvalue weighted by Gasteiger charge is -2.15. The quantitative estimate of drug-likeness (QED) is 0.487. The first-order valence-corrected chi connectivity index (χ1v) is 9.59. The van der Waals surface area contributed by atoms with Gasteiger partial charge in [-0.3, -0.25) is 4.98 Å². The lowest BCUT2D eigenvalue weighted by atomic mass is 9.74. The maximum Gasteiger partial charge on any atom is 0.488 e. The van der Waals surface area contributed by atoms with Crippen molar-refractivity contribution < 1.29 is 10.0 Å². The van der Waals surface area contributed by atoms with E-state index in [1.807, 2.05) is 30.3 Å². The van der Waals surface area contributed by atoms with E-state index in [0.717, 1.165) is 36.9 Å². The lowest BCUT2D eigenvalue weighted by Crippen LogP contribution is -2.34. The van der Waals surface area contributed by atoms with Crippen LogP contribution in [0.3, 0.4) is 0 Å². The first-order valence-electron chi connectivity index (χ1n) is 9.59. The molecule has 0 atom stereocenters. The third-order valence-corrected chi connectivity index (χ3v) is 4.74. The highest BCUT2D eigenvalue weighted by atomic mass is 16.4. The fourth-order valence-electron chi connectivity index (χ4n) is 3.33. The van der Waals surface area contributed by atoms with Gasteiger partial charge in [0.15, 0.2) is 0 Å². The molecule has 2 rings (SSSR count). The summed E-state index contributed by atoms with van der Waals surface area (Å²) >= 11 is 0. The van der Waals surface area contributed by atoms with Crippen LogP contribution in [0.5, 0.6) is 0 Å². The molecule has 0 amide bonds. The van der Waals surface area contributed by atoms with E-state index in [-0.39, 0.29) is 0 Å². The van der Waals surface area contributed by atoms with Crippen molar-refractivity contribution in [2.75, 3.05) is 0 Å². The van der Waals surface area contributed by atoms with Crippen LogP contribution in [0.25, 0.3) is 0 Å². The number of aromatic nitrogens is 1. The Labute approximate surface area is 152 Å². The van der Waals surface area contributed by atoms with Crippen LogP contribution in [0.4, 0.5) is 0 Å². The predicted octanol–water partition coefficient (Wildman–Crippen LogP) is 3.45. The van der Waals surface area contributed by atoms with Gasteiger partial charge in [-0.05, 0) is 54.4 Å². The fraction of sp³-hybridized carbons (Fsp3) is 0.476. The van der Waals surface area contributed by atoms with Crippen molar-refractivity contribution in [1.82, 2.24) is 4.98 Å². The van der Waals surface area contributed by atoms with Gasteiger partial charge < -0.3 is 10.0 Å². The summed E-state index contributed by atoms with van der Waals surface area (Å²) in [6, 6.07) is 11.8. The van der Waals surface area contributed by atoms with Gasteiger partial charge in [0.1, 0.15) is 0 Å². The lowest BCUT2D eigenvalue weighted by molar-refractivity contribution is 0.425. The largest absolute Gasteiger partial charge is 0.488 e. The van der Waals surface area contributed by atoms with Gasteiger partial charge in [0.2, 0.25) is 0 Å². The standard InChI is InChI=1S/C21H30BNO2/c1-2-3-4-5-6-7-11-18-12-10-14-21(22(24)25)20(18)16-15-19-13-8-9-17-23-19/h8-10,12-14,17,24-25H,2-7,11,15-16H2,1H3. The number of nitrogens with zero attached hydrogens (tertiary/aromatic N) is 1. The van der Waals surface area contributed by atoms with E-state index in [2.05, 4.69) is 18.0 Å². The zero-order chi connectivity index (χ0) is 17.9. The number of unbranched alkanes of at least 4 members (excludes halogenated alkanes) is 5. The number of hydrogen-bond acceptors (Lipinski definition) is 3. The van der Waals surface area contributed by atoms with Crippen LogP contribution >= 0.6 is 0 Å². The molecule has 0 bridgehead atoms. The van der Waals surface area contributed by atoms with Crippen LogP contribution in [-0.2, 0) is 19.3 Å². The molecule has 0 spiro atoms. The van der Waals surface area contributed by atoms with Crippen LogP contribution < -0.4 is 5.46 Å². The molecule has 1 aromatic heterocycles. The topological polar surface area (TPSA) is 53.4 Å².